The Morgan fingerprint density at radius 3 is 2.65 bits per heavy atom. The van der Waals surface area contributed by atoms with Gasteiger partial charge in [0.25, 0.3) is 0 Å². The quantitative estimate of drug-likeness (QED) is 0.828. The zero-order valence-corrected chi connectivity index (χ0v) is 15.8. The van der Waals surface area contributed by atoms with Gasteiger partial charge in [-0.25, -0.2) is 0 Å². The second-order valence-electron chi connectivity index (χ2n) is 7.46. The van der Waals surface area contributed by atoms with Crippen molar-refractivity contribution in [1.29, 1.82) is 0 Å². The van der Waals surface area contributed by atoms with Crippen molar-refractivity contribution < 1.29 is 4.79 Å². The van der Waals surface area contributed by atoms with Crippen LogP contribution in [0, 0.1) is 16.6 Å². The van der Waals surface area contributed by atoms with Crippen LogP contribution in [0.1, 0.15) is 71.7 Å². The van der Waals surface area contributed by atoms with Crippen LogP contribution in [0.15, 0.2) is 0 Å². The SMILES string of the molecule is CC(C)[C@@H](C)CC(=O)N1CCC[C@H](c2n[nH]c(=S)n2C(C)C)C1. The van der Waals surface area contributed by atoms with Gasteiger partial charge in [-0.3, -0.25) is 9.89 Å². The third-order valence-corrected chi connectivity index (χ3v) is 5.31. The van der Waals surface area contributed by atoms with Crippen molar-refractivity contribution in [2.24, 2.45) is 11.8 Å². The number of hydrogen-bond donors (Lipinski definition) is 1. The first-order valence-electron chi connectivity index (χ1n) is 8.75. The van der Waals surface area contributed by atoms with E-state index in [1.165, 1.54) is 0 Å². The molecule has 0 bridgehead atoms. The summed E-state index contributed by atoms with van der Waals surface area (Å²) in [4.78, 5) is 14.6. The molecular weight excluding hydrogens is 308 g/mol. The number of hydrogen-bond acceptors (Lipinski definition) is 3. The van der Waals surface area contributed by atoms with Crippen molar-refractivity contribution in [3.05, 3.63) is 10.6 Å². The molecule has 2 heterocycles. The molecule has 1 aliphatic rings. The smallest absolute Gasteiger partial charge is 0.222 e. The molecule has 1 amide bonds. The van der Waals surface area contributed by atoms with Gasteiger partial charge in [-0.15, -0.1) is 0 Å². The molecule has 0 aromatic carbocycles. The molecule has 130 valence electrons. The number of aromatic nitrogens is 3. The molecule has 0 radical (unpaired) electrons. The van der Waals surface area contributed by atoms with E-state index in [2.05, 4.69) is 49.4 Å². The molecule has 6 heteroatoms. The van der Waals surface area contributed by atoms with E-state index in [9.17, 15) is 4.79 Å². The van der Waals surface area contributed by atoms with E-state index in [0.29, 0.717) is 23.0 Å². The van der Waals surface area contributed by atoms with Gasteiger partial charge in [0.2, 0.25) is 5.91 Å². The summed E-state index contributed by atoms with van der Waals surface area (Å²) in [6.07, 6.45) is 2.74. The first-order valence-corrected chi connectivity index (χ1v) is 9.16. The molecule has 1 saturated heterocycles. The molecule has 0 aliphatic carbocycles. The summed E-state index contributed by atoms with van der Waals surface area (Å²) >= 11 is 5.35. The molecule has 0 unspecified atom stereocenters. The zero-order valence-electron chi connectivity index (χ0n) is 15.0. The third-order valence-electron chi connectivity index (χ3n) is 5.02. The summed E-state index contributed by atoms with van der Waals surface area (Å²) in [6, 6.07) is 0.281. The van der Waals surface area contributed by atoms with Crippen LogP contribution >= 0.6 is 12.2 Å². The fraction of sp³-hybridized carbons (Fsp3) is 0.824. The Morgan fingerprint density at radius 1 is 1.35 bits per heavy atom. The van der Waals surface area contributed by atoms with Crippen molar-refractivity contribution in [3.63, 3.8) is 0 Å². The predicted octanol–water partition coefficient (Wildman–Crippen LogP) is 3.91. The van der Waals surface area contributed by atoms with Crippen molar-refractivity contribution >= 4 is 18.1 Å². The highest BCUT2D eigenvalue weighted by molar-refractivity contribution is 7.71. The van der Waals surface area contributed by atoms with E-state index in [1.54, 1.807) is 0 Å². The van der Waals surface area contributed by atoms with Gasteiger partial charge in [0.05, 0.1) is 0 Å². The average molecular weight is 339 g/mol. The number of aromatic amines is 1. The van der Waals surface area contributed by atoms with Gasteiger partial charge in [0, 0.05) is 31.5 Å². The van der Waals surface area contributed by atoms with Crippen molar-refractivity contribution in [3.8, 4) is 0 Å². The average Bonchev–Trinajstić information content (AvgIpc) is 2.89. The lowest BCUT2D eigenvalue weighted by atomic mass is 9.92. The van der Waals surface area contributed by atoms with E-state index >= 15 is 0 Å². The first-order chi connectivity index (χ1) is 10.8. The van der Waals surface area contributed by atoms with Crippen molar-refractivity contribution in [1.82, 2.24) is 19.7 Å². The van der Waals surface area contributed by atoms with Crippen LogP contribution < -0.4 is 0 Å². The number of rotatable bonds is 5. The van der Waals surface area contributed by atoms with Gasteiger partial charge < -0.3 is 9.47 Å². The highest BCUT2D eigenvalue weighted by Gasteiger charge is 2.29. The molecule has 0 spiro atoms. The van der Waals surface area contributed by atoms with E-state index in [1.807, 2.05) is 4.90 Å². The molecule has 23 heavy (non-hydrogen) atoms. The van der Waals surface area contributed by atoms with Gasteiger partial charge >= 0.3 is 0 Å². The number of H-pyrrole nitrogens is 1. The molecule has 5 nitrogen and oxygen atoms in total. The van der Waals surface area contributed by atoms with E-state index in [-0.39, 0.29) is 17.9 Å². The standard InChI is InChI=1S/C17H30N4OS/c1-11(2)13(5)9-15(22)20-8-6-7-14(10-20)16-18-19-17(23)21(16)12(3)4/h11-14H,6-10H2,1-5H3,(H,19,23)/t13-,14-/m0/s1. The van der Waals surface area contributed by atoms with Gasteiger partial charge in [-0.1, -0.05) is 20.8 Å². The van der Waals surface area contributed by atoms with E-state index in [0.717, 1.165) is 31.8 Å². The lowest BCUT2D eigenvalue weighted by Crippen LogP contribution is -2.40. The number of carbonyl (C=O) groups excluding carboxylic acids is 1. The summed E-state index contributed by atoms with van der Waals surface area (Å²) in [7, 11) is 0. The Hall–Kier alpha value is -1.17. The van der Waals surface area contributed by atoms with Crippen LogP contribution in [0.25, 0.3) is 0 Å². The molecule has 0 saturated carbocycles. The van der Waals surface area contributed by atoms with E-state index < -0.39 is 0 Å². The topological polar surface area (TPSA) is 53.9 Å². The number of likely N-dealkylation sites (tertiary alicyclic amines) is 1. The van der Waals surface area contributed by atoms with Crippen LogP contribution in [0.3, 0.4) is 0 Å². The van der Waals surface area contributed by atoms with Gasteiger partial charge in [0.15, 0.2) is 4.77 Å². The Morgan fingerprint density at radius 2 is 2.04 bits per heavy atom. The molecular formula is C17H30N4OS. The number of piperidine rings is 1. The second-order valence-corrected chi connectivity index (χ2v) is 7.84. The fourth-order valence-electron chi connectivity index (χ4n) is 3.16. The number of nitrogens with one attached hydrogen (secondary N) is 1. The maximum Gasteiger partial charge on any atom is 0.222 e. The van der Waals surface area contributed by atoms with Crippen molar-refractivity contribution in [2.45, 2.75) is 65.8 Å². The number of carbonyl (C=O) groups is 1. The van der Waals surface area contributed by atoms with Gasteiger partial charge in [0.1, 0.15) is 5.82 Å². The zero-order chi connectivity index (χ0) is 17.1. The monoisotopic (exact) mass is 338 g/mol. The molecule has 1 aliphatic heterocycles. The minimum Gasteiger partial charge on any atom is -0.342 e. The maximum atomic E-state index is 12.6. The largest absolute Gasteiger partial charge is 0.342 e. The predicted molar refractivity (Wildman–Crippen MR) is 95.0 cm³/mol. The normalized spacial score (nSPS) is 20.3. The lowest BCUT2D eigenvalue weighted by Gasteiger charge is -2.33. The highest BCUT2D eigenvalue weighted by atomic mass is 32.1. The van der Waals surface area contributed by atoms with Crippen molar-refractivity contribution in [2.75, 3.05) is 13.1 Å². The highest BCUT2D eigenvalue weighted by Crippen LogP contribution is 2.28. The maximum absolute atomic E-state index is 12.6. The van der Waals surface area contributed by atoms with Gasteiger partial charge in [-0.2, -0.15) is 5.10 Å². The number of nitrogens with zero attached hydrogens (tertiary/aromatic N) is 3. The Kier molecular flexibility index (Phi) is 6.00. The van der Waals surface area contributed by atoms with Gasteiger partial charge in [-0.05, 0) is 50.7 Å². The van der Waals surface area contributed by atoms with Crippen LogP contribution in [0.4, 0.5) is 0 Å². The molecule has 2 atom stereocenters. The second kappa shape index (κ2) is 7.60. The Balaban J connectivity index is 2.09. The van der Waals surface area contributed by atoms with Crippen LogP contribution in [0.2, 0.25) is 0 Å². The number of amides is 1. The first kappa shape index (κ1) is 18.2. The lowest BCUT2D eigenvalue weighted by molar-refractivity contribution is -0.133. The summed E-state index contributed by atoms with van der Waals surface area (Å²) in [6.45, 7) is 12.4. The van der Waals surface area contributed by atoms with Crippen LogP contribution in [-0.4, -0.2) is 38.7 Å². The minimum absolute atomic E-state index is 0.275. The molecule has 1 fully saturated rings. The summed E-state index contributed by atoms with van der Waals surface area (Å²) in [5.41, 5.74) is 0. The third kappa shape index (κ3) is 4.22. The van der Waals surface area contributed by atoms with Crippen LogP contribution in [-0.2, 0) is 4.79 Å². The Bertz CT molecular complexity index is 590. The minimum atomic E-state index is 0.275. The summed E-state index contributed by atoms with van der Waals surface area (Å²) < 4.78 is 2.76. The molecule has 1 aromatic rings. The van der Waals surface area contributed by atoms with Crippen LogP contribution in [0.5, 0.6) is 0 Å². The molecule has 1 aromatic heterocycles. The molecule has 1 N–H and O–H groups in total. The molecule has 2 rings (SSSR count). The summed E-state index contributed by atoms with van der Waals surface area (Å²) in [5.74, 6) is 2.52. The Labute approximate surface area is 144 Å². The van der Waals surface area contributed by atoms with E-state index in [4.69, 9.17) is 12.2 Å². The fourth-order valence-corrected chi connectivity index (χ4v) is 3.51. The summed E-state index contributed by atoms with van der Waals surface area (Å²) in [5, 5.41) is 7.37.